The maximum Gasteiger partial charge on any atom is 0.429 e. The minimum absolute atomic E-state index is 0.0578. The number of nitrogens with zero attached hydrogens (tertiary/aromatic N) is 5. The van der Waals surface area contributed by atoms with Crippen molar-refractivity contribution >= 4 is 17.7 Å². The van der Waals surface area contributed by atoms with E-state index in [1.165, 1.54) is 16.8 Å². The van der Waals surface area contributed by atoms with Gasteiger partial charge in [-0.05, 0) is 69.1 Å². The minimum Gasteiger partial charge on any atom is -0.465 e. The fourth-order valence-electron chi connectivity index (χ4n) is 6.09. The molecular formula is C31H40F3N7O3. The van der Waals surface area contributed by atoms with Crippen molar-refractivity contribution in [3.63, 3.8) is 0 Å². The molecule has 13 heteroatoms. The van der Waals surface area contributed by atoms with E-state index in [9.17, 15) is 18.0 Å². The Hall–Kier alpha value is -3.87. The first-order valence-corrected chi connectivity index (χ1v) is 15.2. The lowest BCUT2D eigenvalue weighted by atomic mass is 9.76. The number of esters is 1. The number of halogens is 3. The summed E-state index contributed by atoms with van der Waals surface area (Å²) in [6.45, 7) is 7.86. The number of nitrogens with one attached hydrogen (secondary N) is 1. The van der Waals surface area contributed by atoms with Crippen LogP contribution >= 0.6 is 0 Å². The van der Waals surface area contributed by atoms with Crippen molar-refractivity contribution < 1.29 is 27.4 Å². The molecule has 1 aromatic carbocycles. The average molecular weight is 616 g/mol. The van der Waals surface area contributed by atoms with Gasteiger partial charge in [0.05, 0.1) is 18.0 Å². The molecule has 3 aromatic rings. The van der Waals surface area contributed by atoms with Gasteiger partial charge in [-0.25, -0.2) is 4.68 Å². The molecule has 10 nitrogen and oxygen atoms in total. The standard InChI is InChI=1S/C31H40F3N7O3/c1-4-6-7-21-8-9-22(24(16-21)41-13-10-20(3)39-41)27(31(32,33)34)44-26-17-25(37-29(35)38-26)40-14-11-30(12-15-40)18-23(36-19-30)28(42)43-5-2/h8-10,13,16-17,23,27,36H,4-7,11-12,14-15,18-19H2,1-3H3,(H2,35,37,38)/t23-,27+/m0/s1. The second-order valence-electron chi connectivity index (χ2n) is 11.7. The topological polar surface area (TPSA) is 120 Å². The van der Waals surface area contributed by atoms with E-state index in [1.807, 2.05) is 4.90 Å². The number of ether oxygens (including phenoxy) is 2. The van der Waals surface area contributed by atoms with Crippen LogP contribution in [0.3, 0.4) is 0 Å². The maximum atomic E-state index is 14.7. The van der Waals surface area contributed by atoms with Gasteiger partial charge in [0.1, 0.15) is 11.9 Å². The Morgan fingerprint density at radius 2 is 1.95 bits per heavy atom. The van der Waals surface area contributed by atoms with Crippen LogP contribution in [0.4, 0.5) is 24.9 Å². The molecule has 4 heterocycles. The molecule has 2 atom stereocenters. The molecule has 44 heavy (non-hydrogen) atoms. The lowest BCUT2D eigenvalue weighted by Crippen LogP contribution is -2.41. The normalized spacial score (nSPS) is 18.9. The summed E-state index contributed by atoms with van der Waals surface area (Å²) in [5.41, 5.74) is 7.75. The largest absolute Gasteiger partial charge is 0.465 e. The highest BCUT2D eigenvalue weighted by Crippen LogP contribution is 2.42. The van der Waals surface area contributed by atoms with Crippen molar-refractivity contribution in [2.45, 2.75) is 77.6 Å². The van der Waals surface area contributed by atoms with E-state index in [0.717, 1.165) is 37.7 Å². The highest BCUT2D eigenvalue weighted by molar-refractivity contribution is 5.76. The number of anilines is 2. The highest BCUT2D eigenvalue weighted by Gasteiger charge is 2.46. The third-order valence-corrected chi connectivity index (χ3v) is 8.49. The number of rotatable bonds is 10. The van der Waals surface area contributed by atoms with Crippen LogP contribution < -0.4 is 20.7 Å². The number of carbonyl (C=O) groups is 1. The summed E-state index contributed by atoms with van der Waals surface area (Å²) < 4.78 is 56.3. The zero-order chi connectivity index (χ0) is 31.5. The summed E-state index contributed by atoms with van der Waals surface area (Å²) in [7, 11) is 0. The van der Waals surface area contributed by atoms with Crippen LogP contribution in [0.5, 0.6) is 5.88 Å². The Labute approximate surface area is 255 Å². The minimum atomic E-state index is -4.76. The number of nitrogens with two attached hydrogens (primary N) is 1. The zero-order valence-corrected chi connectivity index (χ0v) is 25.4. The van der Waals surface area contributed by atoms with E-state index in [4.69, 9.17) is 15.2 Å². The van der Waals surface area contributed by atoms with Gasteiger partial charge in [-0.15, -0.1) is 0 Å². The fourth-order valence-corrected chi connectivity index (χ4v) is 6.09. The Morgan fingerprint density at radius 1 is 1.18 bits per heavy atom. The lowest BCUT2D eigenvalue weighted by molar-refractivity contribution is -0.198. The molecular weight excluding hydrogens is 575 g/mol. The van der Waals surface area contributed by atoms with Gasteiger partial charge in [-0.2, -0.15) is 28.2 Å². The van der Waals surface area contributed by atoms with E-state index in [0.29, 0.717) is 49.9 Å². The van der Waals surface area contributed by atoms with E-state index in [-0.39, 0.29) is 34.8 Å². The number of carbonyl (C=O) groups excluding carboxylic acids is 1. The summed E-state index contributed by atoms with van der Waals surface area (Å²) in [4.78, 5) is 22.5. The van der Waals surface area contributed by atoms with Crippen molar-refractivity contribution in [2.24, 2.45) is 5.41 Å². The molecule has 2 aromatic heterocycles. The molecule has 5 rings (SSSR count). The van der Waals surface area contributed by atoms with Crippen molar-refractivity contribution in [2.75, 3.05) is 36.9 Å². The molecule has 1 spiro atoms. The molecule has 238 valence electrons. The number of nitrogen functional groups attached to an aromatic ring is 1. The molecule has 0 saturated carbocycles. The predicted molar refractivity (Wildman–Crippen MR) is 160 cm³/mol. The second kappa shape index (κ2) is 13.0. The number of piperidine rings is 1. The Kier molecular flexibility index (Phi) is 9.33. The molecule has 0 amide bonds. The van der Waals surface area contributed by atoms with Crippen LogP contribution in [0.2, 0.25) is 0 Å². The molecule has 0 aliphatic carbocycles. The van der Waals surface area contributed by atoms with Gasteiger partial charge in [-0.1, -0.05) is 25.5 Å². The van der Waals surface area contributed by atoms with Crippen LogP contribution in [0, 0.1) is 12.3 Å². The second-order valence-corrected chi connectivity index (χ2v) is 11.7. The number of aromatic nitrogens is 4. The number of hydrogen-bond donors (Lipinski definition) is 2. The molecule has 3 N–H and O–H groups in total. The smallest absolute Gasteiger partial charge is 0.429 e. The van der Waals surface area contributed by atoms with E-state index >= 15 is 0 Å². The van der Waals surface area contributed by atoms with Gasteiger partial charge in [0.25, 0.3) is 0 Å². The van der Waals surface area contributed by atoms with Crippen LogP contribution in [0.25, 0.3) is 5.69 Å². The van der Waals surface area contributed by atoms with E-state index in [1.54, 1.807) is 38.2 Å². The van der Waals surface area contributed by atoms with Crippen molar-refractivity contribution in [1.29, 1.82) is 0 Å². The molecule has 0 bridgehead atoms. The summed E-state index contributed by atoms with van der Waals surface area (Å²) in [6.07, 6.45) is -0.582. The Bertz CT molecular complexity index is 1450. The van der Waals surface area contributed by atoms with E-state index < -0.39 is 12.3 Å². The Morgan fingerprint density at radius 3 is 2.61 bits per heavy atom. The van der Waals surface area contributed by atoms with Gasteiger partial charge < -0.3 is 25.4 Å². The van der Waals surface area contributed by atoms with Gasteiger partial charge >= 0.3 is 12.1 Å². The Balaban J connectivity index is 1.38. The summed E-state index contributed by atoms with van der Waals surface area (Å²) in [5.74, 6) is -0.286. The van der Waals surface area contributed by atoms with Gasteiger partial charge in [0, 0.05) is 37.5 Å². The summed E-state index contributed by atoms with van der Waals surface area (Å²) in [5, 5.41) is 7.67. The van der Waals surface area contributed by atoms with Crippen molar-refractivity contribution in [1.82, 2.24) is 25.1 Å². The number of benzene rings is 1. The molecule has 2 aliphatic heterocycles. The highest BCUT2D eigenvalue weighted by atomic mass is 19.4. The molecule has 2 saturated heterocycles. The first-order chi connectivity index (χ1) is 21.0. The third-order valence-electron chi connectivity index (χ3n) is 8.49. The first-order valence-electron chi connectivity index (χ1n) is 15.2. The van der Waals surface area contributed by atoms with Crippen LogP contribution in [0.15, 0.2) is 36.5 Å². The zero-order valence-electron chi connectivity index (χ0n) is 25.4. The molecule has 0 unspecified atom stereocenters. The van der Waals surface area contributed by atoms with Crippen molar-refractivity contribution in [3.8, 4) is 11.6 Å². The third kappa shape index (κ3) is 7.09. The number of unbranched alkanes of at least 4 members (excludes halogenated alkanes) is 1. The van der Waals surface area contributed by atoms with E-state index in [2.05, 4.69) is 27.3 Å². The summed E-state index contributed by atoms with van der Waals surface area (Å²) >= 11 is 0. The SMILES string of the molecule is CCCCc1ccc([C@@H](Oc2cc(N3CCC4(CC3)CN[C@H](C(=O)OCC)C4)nc(N)n2)C(F)(F)F)c(-n2ccc(C)n2)c1. The quantitative estimate of drug-likeness (QED) is 0.301. The maximum absolute atomic E-state index is 14.7. The molecule has 0 radical (unpaired) electrons. The van der Waals surface area contributed by atoms with Crippen LogP contribution in [0.1, 0.15) is 68.9 Å². The molecule has 2 aliphatic rings. The fraction of sp³-hybridized carbons (Fsp3) is 0.548. The summed E-state index contributed by atoms with van der Waals surface area (Å²) in [6, 6.07) is 7.74. The lowest BCUT2D eigenvalue weighted by Gasteiger charge is -2.39. The molecule has 2 fully saturated rings. The monoisotopic (exact) mass is 615 g/mol. The predicted octanol–water partition coefficient (Wildman–Crippen LogP) is 5.09. The van der Waals surface area contributed by atoms with Crippen LogP contribution in [-0.2, 0) is 16.0 Å². The van der Waals surface area contributed by atoms with Gasteiger partial charge in [-0.3, -0.25) is 4.79 Å². The first kappa shape index (κ1) is 31.6. The van der Waals surface area contributed by atoms with Gasteiger partial charge in [0.15, 0.2) is 0 Å². The van der Waals surface area contributed by atoms with Gasteiger partial charge in [0.2, 0.25) is 17.9 Å². The number of alkyl halides is 3. The average Bonchev–Trinajstić information content (AvgIpc) is 3.61. The number of hydrogen-bond acceptors (Lipinski definition) is 9. The van der Waals surface area contributed by atoms with Crippen LogP contribution in [-0.4, -0.2) is 64.2 Å². The number of aryl methyl sites for hydroxylation is 2. The van der Waals surface area contributed by atoms with Crippen molar-refractivity contribution in [3.05, 3.63) is 53.3 Å².